The largest absolute Gasteiger partial charge is 0.494 e. The van der Waals surface area contributed by atoms with Crippen LogP contribution in [-0.2, 0) is 6.42 Å². The van der Waals surface area contributed by atoms with Crippen molar-refractivity contribution in [1.29, 1.82) is 0 Å². The Morgan fingerprint density at radius 2 is 2.11 bits per heavy atom. The molecule has 0 aliphatic heterocycles. The zero-order chi connectivity index (χ0) is 13.5. The molecular weight excluding hydrogens is 242 g/mol. The molecule has 0 fully saturated rings. The van der Waals surface area contributed by atoms with E-state index < -0.39 is 17.7 Å². The Balaban J connectivity index is 2.50. The van der Waals surface area contributed by atoms with E-state index in [-0.39, 0.29) is 17.9 Å². The Kier molecular flexibility index (Phi) is 5.97. The number of nitrogens with two attached hydrogens (primary N) is 1. The van der Waals surface area contributed by atoms with Gasteiger partial charge in [0.05, 0.1) is 13.2 Å². The van der Waals surface area contributed by atoms with E-state index >= 15 is 0 Å². The molecule has 0 saturated carbocycles. The summed E-state index contributed by atoms with van der Waals surface area (Å²) in [7, 11) is 1.29. The number of methoxy groups -OCH3 is 1. The molecule has 6 heteroatoms. The fourth-order valence-electron chi connectivity index (χ4n) is 1.49. The Labute approximate surface area is 105 Å². The molecule has 102 valence electrons. The molecule has 1 aromatic rings. The van der Waals surface area contributed by atoms with Crippen LogP contribution in [-0.4, -0.2) is 38.0 Å². The summed E-state index contributed by atoms with van der Waals surface area (Å²) in [5.41, 5.74) is 5.49. The van der Waals surface area contributed by atoms with Gasteiger partial charge in [-0.15, -0.1) is 0 Å². The highest BCUT2D eigenvalue weighted by atomic mass is 19.1. The van der Waals surface area contributed by atoms with Crippen molar-refractivity contribution in [3.05, 3.63) is 29.3 Å². The Morgan fingerprint density at radius 1 is 1.39 bits per heavy atom. The highest BCUT2D eigenvalue weighted by Crippen LogP contribution is 2.21. The molecule has 0 heterocycles. The second-order valence-corrected chi connectivity index (χ2v) is 3.92. The monoisotopic (exact) mass is 260 g/mol. The molecule has 0 spiro atoms. The highest BCUT2D eigenvalue weighted by molar-refractivity contribution is 5.31. The van der Waals surface area contributed by atoms with Gasteiger partial charge in [-0.25, -0.2) is 8.78 Å². The van der Waals surface area contributed by atoms with Crippen molar-refractivity contribution in [3.63, 3.8) is 0 Å². The van der Waals surface area contributed by atoms with Crippen LogP contribution in [0.1, 0.15) is 5.56 Å². The third kappa shape index (κ3) is 4.21. The summed E-state index contributed by atoms with van der Waals surface area (Å²) in [5.74, 6) is -1.20. The number of nitrogens with one attached hydrogen (secondary N) is 1. The number of ether oxygens (including phenoxy) is 1. The van der Waals surface area contributed by atoms with Crippen molar-refractivity contribution in [2.45, 2.75) is 12.5 Å². The summed E-state index contributed by atoms with van der Waals surface area (Å²) in [5, 5.41) is 12.1. The van der Waals surface area contributed by atoms with E-state index in [1.807, 2.05) is 0 Å². The first-order chi connectivity index (χ1) is 8.58. The molecule has 1 rings (SSSR count). The number of rotatable bonds is 7. The van der Waals surface area contributed by atoms with Crippen LogP contribution in [0.5, 0.6) is 5.75 Å². The lowest BCUT2D eigenvalue weighted by Crippen LogP contribution is -2.33. The molecular formula is C12H18F2N2O2. The number of aliphatic hydroxyl groups is 1. The van der Waals surface area contributed by atoms with Crippen molar-refractivity contribution in [1.82, 2.24) is 5.32 Å². The maximum absolute atomic E-state index is 13.5. The van der Waals surface area contributed by atoms with Gasteiger partial charge >= 0.3 is 0 Å². The van der Waals surface area contributed by atoms with Gasteiger partial charge in [0.2, 0.25) is 0 Å². The first-order valence-electron chi connectivity index (χ1n) is 5.69. The van der Waals surface area contributed by atoms with E-state index in [1.165, 1.54) is 7.11 Å². The molecule has 0 aromatic heterocycles. The van der Waals surface area contributed by atoms with E-state index in [0.29, 0.717) is 19.5 Å². The molecule has 0 aliphatic carbocycles. The third-order valence-corrected chi connectivity index (χ3v) is 2.54. The van der Waals surface area contributed by atoms with Crippen LogP contribution in [0.2, 0.25) is 0 Å². The molecule has 4 nitrogen and oxygen atoms in total. The van der Waals surface area contributed by atoms with Crippen LogP contribution in [0.3, 0.4) is 0 Å². The van der Waals surface area contributed by atoms with Crippen LogP contribution < -0.4 is 15.8 Å². The normalized spacial score (nSPS) is 12.5. The summed E-state index contributed by atoms with van der Waals surface area (Å²) in [4.78, 5) is 0. The fourth-order valence-corrected chi connectivity index (χ4v) is 1.49. The van der Waals surface area contributed by atoms with Gasteiger partial charge in [-0.05, 0) is 24.6 Å². The topological polar surface area (TPSA) is 67.5 Å². The molecule has 0 saturated heterocycles. The molecule has 0 aliphatic rings. The number of aliphatic hydroxyl groups excluding tert-OH is 1. The van der Waals surface area contributed by atoms with Crippen molar-refractivity contribution < 1.29 is 18.6 Å². The molecule has 0 amide bonds. The van der Waals surface area contributed by atoms with Crippen molar-refractivity contribution in [3.8, 4) is 5.75 Å². The minimum atomic E-state index is -0.623. The molecule has 1 unspecified atom stereocenters. The third-order valence-electron chi connectivity index (χ3n) is 2.54. The Bertz CT molecular complexity index is 389. The highest BCUT2D eigenvalue weighted by Gasteiger charge is 2.10. The Morgan fingerprint density at radius 3 is 2.72 bits per heavy atom. The summed E-state index contributed by atoms with van der Waals surface area (Å²) >= 11 is 0. The van der Waals surface area contributed by atoms with Crippen LogP contribution in [0.25, 0.3) is 0 Å². The van der Waals surface area contributed by atoms with Crippen molar-refractivity contribution >= 4 is 0 Å². The number of hydrogen-bond acceptors (Lipinski definition) is 4. The van der Waals surface area contributed by atoms with Gasteiger partial charge in [-0.3, -0.25) is 0 Å². The lowest BCUT2D eigenvalue weighted by Gasteiger charge is -2.10. The summed E-state index contributed by atoms with van der Waals surface area (Å²) < 4.78 is 31.6. The minimum absolute atomic E-state index is 0.109. The zero-order valence-corrected chi connectivity index (χ0v) is 10.2. The van der Waals surface area contributed by atoms with Gasteiger partial charge in [0.15, 0.2) is 11.6 Å². The maximum atomic E-state index is 13.5. The molecule has 1 atom stereocenters. The van der Waals surface area contributed by atoms with Gasteiger partial charge in [0.25, 0.3) is 0 Å². The number of hydrogen-bond donors (Lipinski definition) is 3. The van der Waals surface area contributed by atoms with Crippen molar-refractivity contribution in [2.75, 3.05) is 26.7 Å². The second kappa shape index (κ2) is 7.25. The average molecular weight is 260 g/mol. The van der Waals surface area contributed by atoms with Gasteiger partial charge < -0.3 is 20.9 Å². The van der Waals surface area contributed by atoms with E-state index in [9.17, 15) is 13.9 Å². The SMILES string of the molecule is COc1cc(F)c(CCNCC(O)CN)cc1F. The van der Waals surface area contributed by atoms with Crippen LogP contribution in [0, 0.1) is 11.6 Å². The minimum Gasteiger partial charge on any atom is -0.494 e. The lowest BCUT2D eigenvalue weighted by molar-refractivity contribution is 0.180. The second-order valence-electron chi connectivity index (χ2n) is 3.92. The maximum Gasteiger partial charge on any atom is 0.165 e. The lowest BCUT2D eigenvalue weighted by atomic mass is 10.1. The van der Waals surface area contributed by atoms with Crippen LogP contribution >= 0.6 is 0 Å². The van der Waals surface area contributed by atoms with Gasteiger partial charge in [0, 0.05) is 19.2 Å². The smallest absolute Gasteiger partial charge is 0.165 e. The fraction of sp³-hybridized carbons (Fsp3) is 0.500. The predicted octanol–water partition coefficient (Wildman–Crippen LogP) is 0.425. The van der Waals surface area contributed by atoms with E-state index in [1.54, 1.807) is 0 Å². The molecule has 1 aromatic carbocycles. The molecule has 4 N–H and O–H groups in total. The first kappa shape index (κ1) is 14.8. The zero-order valence-electron chi connectivity index (χ0n) is 10.2. The van der Waals surface area contributed by atoms with Crippen molar-refractivity contribution in [2.24, 2.45) is 5.73 Å². The number of halogens is 2. The average Bonchev–Trinajstić information content (AvgIpc) is 2.37. The first-order valence-corrected chi connectivity index (χ1v) is 5.69. The van der Waals surface area contributed by atoms with Gasteiger partial charge in [-0.2, -0.15) is 0 Å². The van der Waals surface area contributed by atoms with Crippen LogP contribution in [0.4, 0.5) is 8.78 Å². The molecule has 0 bridgehead atoms. The van der Waals surface area contributed by atoms with E-state index in [0.717, 1.165) is 12.1 Å². The predicted molar refractivity (Wildman–Crippen MR) is 64.5 cm³/mol. The molecule has 18 heavy (non-hydrogen) atoms. The summed E-state index contributed by atoms with van der Waals surface area (Å²) in [6.07, 6.45) is -0.299. The summed E-state index contributed by atoms with van der Waals surface area (Å²) in [6, 6.07) is 2.15. The standard InChI is InChI=1S/C12H18F2N2O2/c1-18-12-5-10(13)8(4-11(12)14)2-3-16-7-9(17)6-15/h4-5,9,16-17H,2-3,6-7,15H2,1H3. The molecule has 0 radical (unpaired) electrons. The number of benzene rings is 1. The van der Waals surface area contributed by atoms with E-state index in [2.05, 4.69) is 10.1 Å². The van der Waals surface area contributed by atoms with Crippen LogP contribution in [0.15, 0.2) is 12.1 Å². The summed E-state index contributed by atoms with van der Waals surface area (Å²) in [6.45, 7) is 0.926. The quantitative estimate of drug-likeness (QED) is 0.622. The Hall–Kier alpha value is -1.24. The van der Waals surface area contributed by atoms with Gasteiger partial charge in [-0.1, -0.05) is 0 Å². The van der Waals surface area contributed by atoms with E-state index in [4.69, 9.17) is 5.73 Å². The van der Waals surface area contributed by atoms with Gasteiger partial charge in [0.1, 0.15) is 5.82 Å².